The Morgan fingerprint density at radius 1 is 1.00 bits per heavy atom. The van der Waals surface area contributed by atoms with E-state index in [4.69, 9.17) is 0 Å². The van der Waals surface area contributed by atoms with Crippen LogP contribution in [-0.4, -0.2) is 9.13 Å². The van der Waals surface area contributed by atoms with E-state index in [0.29, 0.717) is 16.8 Å². The maximum absolute atomic E-state index is 13.7. The van der Waals surface area contributed by atoms with Crippen LogP contribution >= 0.6 is 11.3 Å². The molecule has 0 unspecified atom stereocenters. The van der Waals surface area contributed by atoms with Gasteiger partial charge >= 0.3 is 5.69 Å². The summed E-state index contributed by atoms with van der Waals surface area (Å²) in [4.78, 5) is 26.0. The Labute approximate surface area is 158 Å². The van der Waals surface area contributed by atoms with Crippen molar-refractivity contribution in [1.82, 2.24) is 9.13 Å². The Morgan fingerprint density at radius 2 is 1.81 bits per heavy atom. The van der Waals surface area contributed by atoms with Crippen molar-refractivity contribution in [1.29, 1.82) is 0 Å². The molecule has 0 N–H and O–H groups in total. The minimum absolute atomic E-state index is 0.231. The van der Waals surface area contributed by atoms with E-state index < -0.39 is 17.1 Å². The number of fused-ring (bicyclic) bond motifs is 1. The Kier molecular flexibility index (Phi) is 4.28. The van der Waals surface area contributed by atoms with Crippen LogP contribution in [-0.2, 0) is 6.54 Å². The molecule has 4 aromatic rings. The first-order chi connectivity index (χ1) is 13.0. The van der Waals surface area contributed by atoms with Gasteiger partial charge in [0.1, 0.15) is 10.5 Å². The van der Waals surface area contributed by atoms with Gasteiger partial charge in [-0.05, 0) is 60.2 Å². The molecule has 6 heteroatoms. The normalized spacial score (nSPS) is 11.2. The number of nitrogens with zero attached hydrogens (tertiary/aromatic N) is 2. The second kappa shape index (κ2) is 6.63. The molecule has 0 bridgehead atoms. The number of thiophene rings is 1. The van der Waals surface area contributed by atoms with Gasteiger partial charge in [-0.3, -0.25) is 9.36 Å². The third-order valence-electron chi connectivity index (χ3n) is 4.73. The van der Waals surface area contributed by atoms with Crippen LogP contribution in [0, 0.1) is 19.7 Å². The van der Waals surface area contributed by atoms with Crippen LogP contribution in [0.4, 0.5) is 4.39 Å². The number of hydrogen-bond acceptors (Lipinski definition) is 3. The standard InChI is InChI=1S/C21H17FN2O2S/c1-13-6-7-15(10-14(13)2)12-23-18-8-9-27-19(18)20(25)24(21(23)26)17-5-3-4-16(22)11-17/h3-11H,12H2,1-2H3. The first-order valence-electron chi connectivity index (χ1n) is 8.51. The second-order valence-electron chi connectivity index (χ2n) is 6.54. The van der Waals surface area contributed by atoms with Gasteiger partial charge in [0.2, 0.25) is 0 Å². The Hall–Kier alpha value is -2.99. The second-order valence-corrected chi connectivity index (χ2v) is 7.46. The lowest BCUT2D eigenvalue weighted by Gasteiger charge is -2.13. The van der Waals surface area contributed by atoms with E-state index in [1.807, 2.05) is 32.0 Å². The summed E-state index contributed by atoms with van der Waals surface area (Å²) in [5.74, 6) is -0.495. The van der Waals surface area contributed by atoms with E-state index in [-0.39, 0.29) is 5.69 Å². The summed E-state index contributed by atoms with van der Waals surface area (Å²) < 4.78 is 16.8. The first-order valence-corrected chi connectivity index (χ1v) is 9.39. The lowest BCUT2D eigenvalue weighted by atomic mass is 10.1. The van der Waals surface area contributed by atoms with Crippen LogP contribution in [0.15, 0.2) is 63.5 Å². The van der Waals surface area contributed by atoms with Gasteiger partial charge in [0.15, 0.2) is 0 Å². The van der Waals surface area contributed by atoms with Gasteiger partial charge < -0.3 is 0 Å². The van der Waals surface area contributed by atoms with Crippen LogP contribution in [0.2, 0.25) is 0 Å². The predicted octanol–water partition coefficient (Wildman–Crippen LogP) is 4.02. The molecule has 136 valence electrons. The Balaban J connectivity index is 1.97. The van der Waals surface area contributed by atoms with Crippen molar-refractivity contribution >= 4 is 21.6 Å². The van der Waals surface area contributed by atoms with Gasteiger partial charge in [-0.2, -0.15) is 0 Å². The summed E-state index contributed by atoms with van der Waals surface area (Å²) in [5.41, 5.74) is 3.21. The highest BCUT2D eigenvalue weighted by molar-refractivity contribution is 7.17. The molecule has 27 heavy (non-hydrogen) atoms. The van der Waals surface area contributed by atoms with Gasteiger partial charge in [0, 0.05) is 0 Å². The van der Waals surface area contributed by atoms with E-state index in [1.165, 1.54) is 35.1 Å². The smallest absolute Gasteiger partial charge is 0.288 e. The summed E-state index contributed by atoms with van der Waals surface area (Å²) in [6.07, 6.45) is 0. The molecule has 0 fully saturated rings. The van der Waals surface area contributed by atoms with Crippen molar-refractivity contribution in [2.24, 2.45) is 0 Å². The molecular weight excluding hydrogens is 363 g/mol. The minimum atomic E-state index is -0.495. The quantitative estimate of drug-likeness (QED) is 0.539. The van der Waals surface area contributed by atoms with E-state index in [1.54, 1.807) is 22.1 Å². The Morgan fingerprint density at radius 3 is 2.56 bits per heavy atom. The highest BCUT2D eigenvalue weighted by atomic mass is 32.1. The maximum Gasteiger partial charge on any atom is 0.336 e. The van der Waals surface area contributed by atoms with E-state index in [2.05, 4.69) is 0 Å². The summed E-state index contributed by atoms with van der Waals surface area (Å²) in [6, 6.07) is 13.3. The van der Waals surface area contributed by atoms with Crippen molar-refractivity contribution in [3.8, 4) is 5.69 Å². The fourth-order valence-corrected chi connectivity index (χ4v) is 3.99. The van der Waals surface area contributed by atoms with Crippen molar-refractivity contribution in [3.63, 3.8) is 0 Å². The highest BCUT2D eigenvalue weighted by Crippen LogP contribution is 2.18. The summed E-state index contributed by atoms with van der Waals surface area (Å²) >= 11 is 1.28. The lowest BCUT2D eigenvalue weighted by Crippen LogP contribution is -2.38. The zero-order valence-corrected chi connectivity index (χ0v) is 15.7. The summed E-state index contributed by atoms with van der Waals surface area (Å²) in [5, 5.41) is 1.79. The molecule has 0 radical (unpaired) electrons. The molecule has 0 amide bonds. The first kappa shape index (κ1) is 17.4. The van der Waals surface area contributed by atoms with E-state index in [9.17, 15) is 14.0 Å². The van der Waals surface area contributed by atoms with E-state index >= 15 is 0 Å². The van der Waals surface area contributed by atoms with Crippen molar-refractivity contribution in [2.75, 3.05) is 0 Å². The number of hydrogen-bond donors (Lipinski definition) is 0. The van der Waals surface area contributed by atoms with Crippen LogP contribution in [0.3, 0.4) is 0 Å². The molecular formula is C21H17FN2O2S. The lowest BCUT2D eigenvalue weighted by molar-refractivity contribution is 0.624. The Bertz CT molecular complexity index is 1280. The average Bonchev–Trinajstić information content (AvgIpc) is 3.12. The third-order valence-corrected chi connectivity index (χ3v) is 5.62. The van der Waals surface area contributed by atoms with Crippen LogP contribution in [0.5, 0.6) is 0 Å². The molecule has 0 saturated heterocycles. The predicted molar refractivity (Wildman–Crippen MR) is 107 cm³/mol. The van der Waals surface area contributed by atoms with Crippen LogP contribution < -0.4 is 11.2 Å². The zero-order chi connectivity index (χ0) is 19.1. The third kappa shape index (κ3) is 3.02. The molecule has 4 rings (SSSR count). The SMILES string of the molecule is Cc1ccc(Cn2c(=O)n(-c3cccc(F)c3)c(=O)c3sccc32)cc1C. The molecule has 0 atom stereocenters. The van der Waals surface area contributed by atoms with Gasteiger partial charge in [-0.15, -0.1) is 11.3 Å². The molecule has 0 spiro atoms. The van der Waals surface area contributed by atoms with Gasteiger partial charge in [0.25, 0.3) is 5.56 Å². The number of rotatable bonds is 3. The number of halogens is 1. The van der Waals surface area contributed by atoms with Gasteiger partial charge in [-0.1, -0.05) is 24.3 Å². The fourth-order valence-electron chi connectivity index (χ4n) is 3.17. The van der Waals surface area contributed by atoms with Crippen molar-refractivity contribution in [3.05, 3.63) is 97.3 Å². The van der Waals surface area contributed by atoms with Crippen molar-refractivity contribution < 1.29 is 4.39 Å². The summed E-state index contributed by atoms with van der Waals surface area (Å²) in [7, 11) is 0. The highest BCUT2D eigenvalue weighted by Gasteiger charge is 2.16. The van der Waals surface area contributed by atoms with Crippen molar-refractivity contribution in [2.45, 2.75) is 20.4 Å². The minimum Gasteiger partial charge on any atom is -0.288 e. The van der Waals surface area contributed by atoms with E-state index in [0.717, 1.165) is 15.7 Å². The molecule has 0 saturated carbocycles. The number of benzene rings is 2. The molecule has 2 aromatic carbocycles. The molecule has 0 aliphatic heterocycles. The zero-order valence-electron chi connectivity index (χ0n) is 14.9. The van der Waals surface area contributed by atoms with Gasteiger partial charge in [-0.25, -0.2) is 13.8 Å². The largest absolute Gasteiger partial charge is 0.336 e. The van der Waals surface area contributed by atoms with Crippen LogP contribution in [0.25, 0.3) is 15.9 Å². The molecule has 0 aliphatic carbocycles. The number of aryl methyl sites for hydroxylation is 2. The average molecular weight is 380 g/mol. The topological polar surface area (TPSA) is 44.0 Å². The fraction of sp³-hybridized carbons (Fsp3) is 0.143. The van der Waals surface area contributed by atoms with Crippen LogP contribution in [0.1, 0.15) is 16.7 Å². The molecule has 4 nitrogen and oxygen atoms in total. The molecule has 2 heterocycles. The summed E-state index contributed by atoms with van der Waals surface area (Å²) in [6.45, 7) is 4.39. The number of aromatic nitrogens is 2. The molecule has 2 aromatic heterocycles. The maximum atomic E-state index is 13.7. The monoisotopic (exact) mass is 380 g/mol. The van der Waals surface area contributed by atoms with Gasteiger partial charge in [0.05, 0.1) is 17.7 Å². The molecule has 0 aliphatic rings.